The van der Waals surface area contributed by atoms with E-state index in [2.05, 4.69) is 19.2 Å². The second-order valence-electron chi connectivity index (χ2n) is 7.46. The van der Waals surface area contributed by atoms with E-state index in [9.17, 15) is 9.59 Å². The molecule has 2 fully saturated rings. The van der Waals surface area contributed by atoms with Gasteiger partial charge in [-0.1, -0.05) is 47.0 Å². The van der Waals surface area contributed by atoms with Gasteiger partial charge in [0.2, 0.25) is 11.8 Å². The van der Waals surface area contributed by atoms with Crippen LogP contribution in [-0.2, 0) is 9.59 Å². The van der Waals surface area contributed by atoms with Gasteiger partial charge < -0.3 is 10.2 Å². The van der Waals surface area contributed by atoms with Gasteiger partial charge in [-0.25, -0.2) is 0 Å². The highest BCUT2D eigenvalue weighted by Crippen LogP contribution is 2.37. The maximum atomic E-state index is 12.9. The summed E-state index contributed by atoms with van der Waals surface area (Å²) in [5.41, 5.74) is -0.560. The van der Waals surface area contributed by atoms with Gasteiger partial charge in [0.15, 0.2) is 0 Å². The van der Waals surface area contributed by atoms with Crippen molar-refractivity contribution in [3.63, 3.8) is 0 Å². The Labute approximate surface area is 128 Å². The Morgan fingerprint density at radius 3 is 2.29 bits per heavy atom. The Balaban J connectivity index is 2.28. The van der Waals surface area contributed by atoms with E-state index in [0.29, 0.717) is 12.5 Å². The summed E-state index contributed by atoms with van der Waals surface area (Å²) in [7, 11) is 0. The van der Waals surface area contributed by atoms with Crippen molar-refractivity contribution in [3.05, 3.63) is 0 Å². The van der Waals surface area contributed by atoms with Crippen molar-refractivity contribution in [1.29, 1.82) is 0 Å². The topological polar surface area (TPSA) is 49.4 Å². The molecule has 21 heavy (non-hydrogen) atoms. The number of rotatable bonds is 4. The average molecular weight is 294 g/mol. The summed E-state index contributed by atoms with van der Waals surface area (Å²) in [6.45, 7) is 9.06. The molecule has 1 N–H and O–H groups in total. The molecule has 1 heterocycles. The van der Waals surface area contributed by atoms with Gasteiger partial charge in [0, 0.05) is 6.54 Å². The van der Waals surface area contributed by atoms with Crippen LogP contribution in [0.1, 0.15) is 66.2 Å². The van der Waals surface area contributed by atoms with Crippen molar-refractivity contribution in [2.24, 2.45) is 11.8 Å². The van der Waals surface area contributed by atoms with Gasteiger partial charge in [-0.2, -0.15) is 0 Å². The zero-order chi connectivity index (χ0) is 15.6. The summed E-state index contributed by atoms with van der Waals surface area (Å²) in [5.74, 6) is 0.904. The fourth-order valence-electron chi connectivity index (χ4n) is 3.64. The molecule has 0 aromatic heterocycles. The molecule has 2 aliphatic rings. The van der Waals surface area contributed by atoms with Crippen LogP contribution in [0.4, 0.5) is 0 Å². The SMILES string of the molecule is CC(C)CCN1C(=O)C(C(C)C)NC(=O)C12CCCCC2. The maximum absolute atomic E-state index is 12.9. The quantitative estimate of drug-likeness (QED) is 0.866. The highest BCUT2D eigenvalue weighted by molar-refractivity contribution is 6.00. The molecule has 2 amide bonds. The summed E-state index contributed by atoms with van der Waals surface area (Å²) in [6, 6.07) is -0.350. The van der Waals surface area contributed by atoms with Crippen molar-refractivity contribution in [1.82, 2.24) is 10.2 Å². The van der Waals surface area contributed by atoms with Crippen molar-refractivity contribution in [3.8, 4) is 0 Å². The summed E-state index contributed by atoms with van der Waals surface area (Å²) in [4.78, 5) is 27.6. The highest BCUT2D eigenvalue weighted by atomic mass is 16.2. The second kappa shape index (κ2) is 6.37. The zero-order valence-corrected chi connectivity index (χ0v) is 13.9. The molecule has 4 heteroatoms. The molecule has 1 spiro atoms. The number of hydrogen-bond donors (Lipinski definition) is 1. The first-order chi connectivity index (χ1) is 9.88. The van der Waals surface area contributed by atoms with Crippen LogP contribution in [0.3, 0.4) is 0 Å². The lowest BCUT2D eigenvalue weighted by atomic mass is 9.76. The molecule has 1 unspecified atom stereocenters. The molecule has 0 aromatic rings. The normalized spacial score (nSPS) is 25.8. The van der Waals surface area contributed by atoms with Crippen molar-refractivity contribution in [2.75, 3.05) is 6.54 Å². The van der Waals surface area contributed by atoms with Crippen LogP contribution in [0.5, 0.6) is 0 Å². The van der Waals surface area contributed by atoms with Crippen LogP contribution >= 0.6 is 0 Å². The third kappa shape index (κ3) is 3.09. The van der Waals surface area contributed by atoms with E-state index in [-0.39, 0.29) is 23.8 Å². The highest BCUT2D eigenvalue weighted by Gasteiger charge is 2.52. The molecule has 1 atom stereocenters. The number of piperazine rings is 1. The lowest BCUT2D eigenvalue weighted by Crippen LogP contribution is -2.72. The first kappa shape index (κ1) is 16.3. The van der Waals surface area contributed by atoms with Crippen molar-refractivity contribution in [2.45, 2.75) is 77.8 Å². The van der Waals surface area contributed by atoms with E-state index in [1.165, 1.54) is 6.42 Å². The fourth-order valence-corrected chi connectivity index (χ4v) is 3.64. The number of nitrogens with zero attached hydrogens (tertiary/aromatic N) is 1. The summed E-state index contributed by atoms with van der Waals surface area (Å²) in [5, 5.41) is 3.01. The predicted molar refractivity (Wildman–Crippen MR) is 83.8 cm³/mol. The maximum Gasteiger partial charge on any atom is 0.246 e. The number of amides is 2. The lowest BCUT2D eigenvalue weighted by molar-refractivity contribution is -0.161. The molecule has 1 aliphatic carbocycles. The summed E-state index contributed by atoms with van der Waals surface area (Å²) < 4.78 is 0. The summed E-state index contributed by atoms with van der Waals surface area (Å²) >= 11 is 0. The number of hydrogen-bond acceptors (Lipinski definition) is 2. The predicted octanol–water partition coefficient (Wildman–Crippen LogP) is 2.72. The molecule has 4 nitrogen and oxygen atoms in total. The van der Waals surface area contributed by atoms with E-state index in [0.717, 1.165) is 32.1 Å². The van der Waals surface area contributed by atoms with Crippen LogP contribution < -0.4 is 5.32 Å². The van der Waals surface area contributed by atoms with Gasteiger partial charge in [0.25, 0.3) is 0 Å². The van der Waals surface area contributed by atoms with Crippen LogP contribution in [0.15, 0.2) is 0 Å². The van der Waals surface area contributed by atoms with Gasteiger partial charge in [-0.3, -0.25) is 9.59 Å². The Morgan fingerprint density at radius 1 is 1.14 bits per heavy atom. The van der Waals surface area contributed by atoms with Crippen LogP contribution in [0.2, 0.25) is 0 Å². The third-order valence-corrected chi connectivity index (χ3v) is 5.04. The van der Waals surface area contributed by atoms with E-state index in [1.54, 1.807) is 0 Å². The minimum atomic E-state index is -0.560. The van der Waals surface area contributed by atoms with Gasteiger partial charge in [-0.05, 0) is 31.1 Å². The van der Waals surface area contributed by atoms with Crippen LogP contribution in [0.25, 0.3) is 0 Å². The lowest BCUT2D eigenvalue weighted by Gasteiger charge is -2.51. The standard InChI is InChI=1S/C17H30N2O2/c1-12(2)8-11-19-15(20)14(13(3)4)18-16(21)17(19)9-6-5-7-10-17/h12-14H,5-11H2,1-4H3,(H,18,21). The minimum Gasteiger partial charge on any atom is -0.342 e. The first-order valence-corrected chi connectivity index (χ1v) is 8.51. The average Bonchev–Trinajstić information content (AvgIpc) is 2.43. The van der Waals surface area contributed by atoms with Crippen LogP contribution in [0, 0.1) is 11.8 Å². The Hall–Kier alpha value is -1.06. The van der Waals surface area contributed by atoms with Crippen molar-refractivity contribution >= 4 is 11.8 Å². The number of carbonyl (C=O) groups excluding carboxylic acids is 2. The van der Waals surface area contributed by atoms with Gasteiger partial charge in [0.1, 0.15) is 11.6 Å². The van der Waals surface area contributed by atoms with Gasteiger partial charge in [0.05, 0.1) is 0 Å². The molecule has 2 rings (SSSR count). The largest absolute Gasteiger partial charge is 0.342 e. The minimum absolute atomic E-state index is 0.0873. The monoisotopic (exact) mass is 294 g/mol. The van der Waals surface area contributed by atoms with E-state index < -0.39 is 5.54 Å². The Bertz CT molecular complexity index is 398. The Kier molecular flexibility index (Phi) is 4.95. The van der Waals surface area contributed by atoms with Gasteiger partial charge >= 0.3 is 0 Å². The smallest absolute Gasteiger partial charge is 0.246 e. The second-order valence-corrected chi connectivity index (χ2v) is 7.46. The van der Waals surface area contributed by atoms with Crippen LogP contribution in [-0.4, -0.2) is 34.8 Å². The molecule has 0 radical (unpaired) electrons. The van der Waals surface area contributed by atoms with E-state index >= 15 is 0 Å². The van der Waals surface area contributed by atoms with E-state index in [4.69, 9.17) is 0 Å². The molecule has 0 bridgehead atoms. The first-order valence-electron chi connectivity index (χ1n) is 8.51. The Morgan fingerprint density at radius 2 is 1.76 bits per heavy atom. The molecule has 0 aromatic carbocycles. The van der Waals surface area contributed by atoms with Crippen molar-refractivity contribution < 1.29 is 9.59 Å². The van der Waals surface area contributed by atoms with E-state index in [1.807, 2.05) is 18.7 Å². The zero-order valence-electron chi connectivity index (χ0n) is 13.9. The molecule has 1 saturated heterocycles. The number of nitrogens with one attached hydrogen (secondary N) is 1. The van der Waals surface area contributed by atoms with Gasteiger partial charge in [-0.15, -0.1) is 0 Å². The molecular weight excluding hydrogens is 264 g/mol. The number of carbonyl (C=O) groups is 2. The molecule has 120 valence electrons. The third-order valence-electron chi connectivity index (χ3n) is 5.04. The molecular formula is C17H30N2O2. The molecule has 1 aliphatic heterocycles. The fraction of sp³-hybridized carbons (Fsp3) is 0.882. The molecule has 1 saturated carbocycles. The summed E-state index contributed by atoms with van der Waals surface area (Å²) in [6.07, 6.45) is 5.89.